The number of carbonyl (C=O) groups is 2. The zero-order valence-electron chi connectivity index (χ0n) is 13.4. The number of anilines is 1. The molecule has 0 aromatic heterocycles. The Hall–Kier alpha value is -0.560. The number of amides is 1. The van der Waals surface area contributed by atoms with Crippen molar-refractivity contribution >= 4 is 51.1 Å². The van der Waals surface area contributed by atoms with Crippen molar-refractivity contribution in [1.29, 1.82) is 0 Å². The van der Waals surface area contributed by atoms with E-state index < -0.39 is 0 Å². The van der Waals surface area contributed by atoms with E-state index in [1.165, 1.54) is 17.3 Å². The number of hydrogen-bond donors (Lipinski definition) is 1. The second-order valence-electron chi connectivity index (χ2n) is 5.63. The van der Waals surface area contributed by atoms with Gasteiger partial charge in [-0.2, -0.15) is 0 Å². The Labute approximate surface area is 151 Å². The number of rotatable bonds is 8. The first-order chi connectivity index (χ1) is 10.4. The van der Waals surface area contributed by atoms with Gasteiger partial charge in [0.05, 0.1) is 0 Å². The van der Waals surface area contributed by atoms with E-state index in [2.05, 4.69) is 40.0 Å². The van der Waals surface area contributed by atoms with Gasteiger partial charge in [0.25, 0.3) is 0 Å². The largest absolute Gasteiger partial charge is 0.326 e. The Kier molecular flexibility index (Phi) is 9.09. The van der Waals surface area contributed by atoms with E-state index in [9.17, 15) is 9.59 Å². The highest BCUT2D eigenvalue weighted by Gasteiger charge is 2.08. The molecule has 0 saturated heterocycles. The molecule has 1 aromatic rings. The minimum atomic E-state index is -0.0183. The van der Waals surface area contributed by atoms with Gasteiger partial charge in [-0.05, 0) is 71.9 Å². The number of halogens is 1. The molecule has 0 aliphatic carbocycles. The summed E-state index contributed by atoms with van der Waals surface area (Å²) in [4.78, 5) is 23.0. The lowest BCUT2D eigenvalue weighted by Crippen LogP contribution is -2.17. The van der Waals surface area contributed by atoms with E-state index in [4.69, 9.17) is 0 Å². The van der Waals surface area contributed by atoms with Gasteiger partial charge in [0.2, 0.25) is 5.91 Å². The first kappa shape index (κ1) is 19.5. The van der Waals surface area contributed by atoms with Crippen molar-refractivity contribution in [2.24, 2.45) is 5.92 Å². The third kappa shape index (κ3) is 7.63. The fourth-order valence-corrected chi connectivity index (χ4v) is 3.11. The highest BCUT2D eigenvalue weighted by atomic mass is 127. The molecule has 1 amide bonds. The van der Waals surface area contributed by atoms with Gasteiger partial charge >= 0.3 is 0 Å². The van der Waals surface area contributed by atoms with Gasteiger partial charge in [-0.25, -0.2) is 0 Å². The first-order valence-electron chi connectivity index (χ1n) is 7.59. The summed E-state index contributed by atoms with van der Waals surface area (Å²) in [5.74, 6) is 0.0267. The molecule has 22 heavy (non-hydrogen) atoms. The second-order valence-corrected chi connectivity index (χ2v) is 7.74. The minimum absolute atomic E-state index is 0.0183. The van der Waals surface area contributed by atoms with Crippen LogP contribution in [0, 0.1) is 9.49 Å². The summed E-state index contributed by atoms with van der Waals surface area (Å²) in [6.45, 7) is 3.78. The Morgan fingerprint density at radius 1 is 1.18 bits per heavy atom. The first-order valence-corrected chi connectivity index (χ1v) is 9.90. The van der Waals surface area contributed by atoms with Crippen molar-refractivity contribution < 1.29 is 9.59 Å². The summed E-state index contributed by atoms with van der Waals surface area (Å²) in [7, 11) is 0. The summed E-state index contributed by atoms with van der Waals surface area (Å²) in [6, 6.07) is 6.19. The maximum atomic E-state index is 11.8. The van der Waals surface area contributed by atoms with Crippen molar-refractivity contribution in [3.8, 4) is 0 Å². The van der Waals surface area contributed by atoms with E-state index in [1.807, 2.05) is 26.2 Å². The predicted octanol–water partition coefficient (Wildman–Crippen LogP) is 4.88. The van der Waals surface area contributed by atoms with Crippen LogP contribution < -0.4 is 5.32 Å². The normalized spacial score (nSPS) is 10.8. The van der Waals surface area contributed by atoms with Gasteiger partial charge < -0.3 is 5.32 Å². The Morgan fingerprint density at radius 2 is 1.91 bits per heavy atom. The van der Waals surface area contributed by atoms with Crippen molar-refractivity contribution in [1.82, 2.24) is 0 Å². The van der Waals surface area contributed by atoms with Crippen LogP contribution >= 0.6 is 34.4 Å². The van der Waals surface area contributed by atoms with Crippen LogP contribution in [0.3, 0.4) is 0 Å². The Morgan fingerprint density at radius 3 is 2.55 bits per heavy atom. The molecule has 1 rings (SSSR count). The number of thioether (sulfide) groups is 1. The van der Waals surface area contributed by atoms with Crippen molar-refractivity contribution in [3.63, 3.8) is 0 Å². The van der Waals surface area contributed by atoms with Gasteiger partial charge in [-0.3, -0.25) is 9.59 Å². The zero-order chi connectivity index (χ0) is 16.5. The number of hydrogen-bond acceptors (Lipinski definition) is 3. The second kappa shape index (κ2) is 10.3. The smallest absolute Gasteiger partial charge is 0.226 e. The lowest BCUT2D eigenvalue weighted by Gasteiger charge is -2.10. The molecule has 0 fully saturated rings. The van der Waals surface area contributed by atoms with Crippen LogP contribution in [0.15, 0.2) is 18.2 Å². The Balaban J connectivity index is 2.48. The summed E-state index contributed by atoms with van der Waals surface area (Å²) in [5.41, 5.74) is 2.11. The van der Waals surface area contributed by atoms with Crippen LogP contribution in [0.5, 0.6) is 0 Å². The molecule has 0 saturated carbocycles. The number of benzene rings is 1. The van der Waals surface area contributed by atoms with E-state index in [1.54, 1.807) is 0 Å². The fraction of sp³-hybridized carbons (Fsp3) is 0.529. The van der Waals surface area contributed by atoms with Crippen LogP contribution in [0.2, 0.25) is 0 Å². The number of nitrogens with one attached hydrogen (secondary N) is 1. The molecule has 122 valence electrons. The molecule has 0 aliphatic rings. The molecule has 3 nitrogen and oxygen atoms in total. The molecule has 0 radical (unpaired) electrons. The molecule has 0 atom stereocenters. The Bertz CT molecular complexity index is 517. The lowest BCUT2D eigenvalue weighted by atomic mass is 10.1. The number of carbonyl (C=O) groups excluding carboxylic acids is 2. The molecule has 0 heterocycles. The monoisotopic (exact) mass is 433 g/mol. The van der Waals surface area contributed by atoms with Crippen LogP contribution in [0.4, 0.5) is 5.69 Å². The highest BCUT2D eigenvalue weighted by molar-refractivity contribution is 14.1. The predicted molar refractivity (Wildman–Crippen MR) is 103 cm³/mol. The fourth-order valence-electron chi connectivity index (χ4n) is 2.03. The quantitative estimate of drug-likeness (QED) is 0.470. The molecular weight excluding hydrogens is 409 g/mol. The summed E-state index contributed by atoms with van der Waals surface area (Å²) in [5, 5.41) is 3.23. The van der Waals surface area contributed by atoms with Crippen LogP contribution in [-0.2, 0) is 16.0 Å². The van der Waals surface area contributed by atoms with E-state index in [0.717, 1.165) is 34.9 Å². The van der Waals surface area contributed by atoms with Gasteiger partial charge in [-0.15, -0.1) is 0 Å². The van der Waals surface area contributed by atoms with E-state index in [0.29, 0.717) is 6.42 Å². The van der Waals surface area contributed by atoms with Crippen LogP contribution in [-0.4, -0.2) is 17.3 Å². The molecule has 1 aromatic carbocycles. The molecule has 0 unspecified atom stereocenters. The molecule has 1 N–H and O–H groups in total. The van der Waals surface area contributed by atoms with Crippen molar-refractivity contribution in [2.75, 3.05) is 11.6 Å². The average molecular weight is 433 g/mol. The van der Waals surface area contributed by atoms with E-state index >= 15 is 0 Å². The van der Waals surface area contributed by atoms with Crippen molar-refractivity contribution in [2.45, 2.75) is 46.0 Å². The molecule has 0 spiro atoms. The standard InChI is InChI=1S/C17H24INO2S/c1-12(2)17(21)19-15-10-13(9-14(18)11-15)7-5-4-6-8-16(20)22-3/h9-12H,4-8H2,1-3H3,(H,19,21). The minimum Gasteiger partial charge on any atom is -0.326 e. The molecule has 0 aliphatic heterocycles. The van der Waals surface area contributed by atoms with Gasteiger partial charge in [0.1, 0.15) is 0 Å². The number of unbranched alkanes of at least 4 members (excludes halogenated alkanes) is 2. The third-order valence-corrected chi connectivity index (χ3v) is 4.61. The van der Waals surface area contributed by atoms with Crippen LogP contribution in [0.1, 0.15) is 45.1 Å². The summed E-state index contributed by atoms with van der Waals surface area (Å²) < 4.78 is 1.13. The highest BCUT2D eigenvalue weighted by Crippen LogP contribution is 2.19. The van der Waals surface area contributed by atoms with Crippen molar-refractivity contribution in [3.05, 3.63) is 27.3 Å². The van der Waals surface area contributed by atoms with Gasteiger partial charge in [-0.1, -0.05) is 32.0 Å². The maximum Gasteiger partial charge on any atom is 0.226 e. The third-order valence-electron chi connectivity index (χ3n) is 3.32. The summed E-state index contributed by atoms with van der Waals surface area (Å²) in [6.07, 6.45) is 6.57. The van der Waals surface area contributed by atoms with Gasteiger partial charge in [0.15, 0.2) is 5.12 Å². The van der Waals surface area contributed by atoms with Crippen LogP contribution in [0.25, 0.3) is 0 Å². The van der Waals surface area contributed by atoms with E-state index in [-0.39, 0.29) is 16.9 Å². The average Bonchev–Trinajstić information content (AvgIpc) is 2.45. The topological polar surface area (TPSA) is 46.2 Å². The molecule has 0 bridgehead atoms. The lowest BCUT2D eigenvalue weighted by molar-refractivity contribution is -0.119. The SMILES string of the molecule is CSC(=O)CCCCCc1cc(I)cc(NC(=O)C(C)C)c1. The molecular formula is C17H24INO2S. The van der Waals surface area contributed by atoms with Gasteiger partial charge in [0, 0.05) is 21.6 Å². The molecule has 5 heteroatoms. The zero-order valence-corrected chi connectivity index (χ0v) is 16.4. The maximum absolute atomic E-state index is 11.8. The summed E-state index contributed by atoms with van der Waals surface area (Å²) >= 11 is 3.59. The number of aryl methyl sites for hydroxylation is 1.